The fraction of sp³-hybridized carbons (Fsp3) is 0.500. The molecule has 2 aliphatic rings. The number of rotatable bonds is 2. The molecular formula is C16H20N4. The molecule has 104 valence electrons. The molecule has 0 aromatic carbocycles. The Hall–Kier alpha value is -1.68. The van der Waals surface area contributed by atoms with Crippen LogP contribution in [0.3, 0.4) is 0 Å². The van der Waals surface area contributed by atoms with Crippen LogP contribution in [0, 0.1) is 6.92 Å². The van der Waals surface area contributed by atoms with Gasteiger partial charge in [0.25, 0.3) is 0 Å². The van der Waals surface area contributed by atoms with Gasteiger partial charge in [0, 0.05) is 23.9 Å². The fourth-order valence-electron chi connectivity index (χ4n) is 3.78. The van der Waals surface area contributed by atoms with Crippen LogP contribution in [0.4, 0.5) is 0 Å². The van der Waals surface area contributed by atoms with E-state index in [-0.39, 0.29) is 0 Å². The number of pyridine rings is 1. The van der Waals surface area contributed by atoms with Crippen LogP contribution in [0.1, 0.15) is 30.5 Å². The maximum Gasteiger partial charge on any atom is 0.111 e. The minimum absolute atomic E-state index is 0.366. The summed E-state index contributed by atoms with van der Waals surface area (Å²) in [4.78, 5) is 7.24. The van der Waals surface area contributed by atoms with Gasteiger partial charge in [0.1, 0.15) is 5.69 Å². The third-order valence-corrected chi connectivity index (χ3v) is 4.91. The van der Waals surface area contributed by atoms with Gasteiger partial charge in [0.2, 0.25) is 0 Å². The van der Waals surface area contributed by atoms with Gasteiger partial charge in [-0.05, 0) is 57.0 Å². The number of H-pyrrole nitrogens is 1. The first-order valence-corrected chi connectivity index (χ1v) is 7.47. The van der Waals surface area contributed by atoms with Crippen molar-refractivity contribution >= 4 is 0 Å². The van der Waals surface area contributed by atoms with Crippen molar-refractivity contribution in [2.75, 3.05) is 19.6 Å². The zero-order valence-corrected chi connectivity index (χ0v) is 11.9. The predicted octanol–water partition coefficient (Wildman–Crippen LogP) is 2.52. The van der Waals surface area contributed by atoms with Crippen molar-refractivity contribution in [1.29, 1.82) is 0 Å². The standard InChI is InChI=1S/C16H20N4/c1-12-9-15(19-18-12)14-4-3-13(10-17-14)16-5-2-7-20(11-16)8-6-16/h3-4,9-10H,2,5-8,11H2,1H3,(H,18,19). The maximum atomic E-state index is 4.65. The molecular weight excluding hydrogens is 248 g/mol. The minimum atomic E-state index is 0.366. The summed E-state index contributed by atoms with van der Waals surface area (Å²) in [5.74, 6) is 0. The molecule has 2 saturated heterocycles. The van der Waals surface area contributed by atoms with E-state index >= 15 is 0 Å². The van der Waals surface area contributed by atoms with Gasteiger partial charge in [0.15, 0.2) is 0 Å². The third-order valence-electron chi connectivity index (χ3n) is 4.91. The number of aromatic amines is 1. The Balaban J connectivity index is 1.64. The van der Waals surface area contributed by atoms with E-state index in [1.807, 2.05) is 13.0 Å². The molecule has 2 aromatic rings. The molecule has 0 amide bonds. The highest BCUT2D eigenvalue weighted by molar-refractivity contribution is 5.54. The Labute approximate surface area is 119 Å². The molecule has 2 fully saturated rings. The first-order chi connectivity index (χ1) is 9.75. The summed E-state index contributed by atoms with van der Waals surface area (Å²) in [6, 6.07) is 6.43. The van der Waals surface area contributed by atoms with Gasteiger partial charge in [-0.2, -0.15) is 5.10 Å². The van der Waals surface area contributed by atoms with Crippen LogP contribution in [0.15, 0.2) is 24.4 Å². The molecule has 2 bridgehead atoms. The van der Waals surface area contributed by atoms with Gasteiger partial charge in [-0.15, -0.1) is 0 Å². The largest absolute Gasteiger partial charge is 0.302 e. The normalized spacial score (nSPS) is 28.8. The molecule has 20 heavy (non-hydrogen) atoms. The number of fused-ring (bicyclic) bond motifs is 2. The lowest BCUT2D eigenvalue weighted by atomic mass is 9.75. The summed E-state index contributed by atoms with van der Waals surface area (Å²) in [6.45, 7) is 5.76. The quantitative estimate of drug-likeness (QED) is 0.910. The topological polar surface area (TPSA) is 44.8 Å². The van der Waals surface area contributed by atoms with Crippen LogP contribution in [-0.4, -0.2) is 39.7 Å². The van der Waals surface area contributed by atoms with Crippen LogP contribution < -0.4 is 0 Å². The van der Waals surface area contributed by atoms with E-state index in [0.29, 0.717) is 5.41 Å². The maximum absolute atomic E-state index is 4.65. The summed E-state index contributed by atoms with van der Waals surface area (Å²) in [5.41, 5.74) is 4.74. The molecule has 0 aliphatic carbocycles. The minimum Gasteiger partial charge on any atom is -0.302 e. The second-order valence-corrected chi connectivity index (χ2v) is 6.28. The highest BCUT2D eigenvalue weighted by Crippen LogP contribution is 2.41. The van der Waals surface area contributed by atoms with Crippen molar-refractivity contribution in [1.82, 2.24) is 20.1 Å². The van der Waals surface area contributed by atoms with E-state index in [4.69, 9.17) is 0 Å². The zero-order valence-electron chi connectivity index (χ0n) is 11.9. The lowest BCUT2D eigenvalue weighted by Crippen LogP contribution is -2.36. The number of nitrogens with zero attached hydrogens (tertiary/aromatic N) is 3. The Morgan fingerprint density at radius 3 is 2.90 bits per heavy atom. The molecule has 0 radical (unpaired) electrons. The predicted molar refractivity (Wildman–Crippen MR) is 78.5 cm³/mol. The lowest BCUT2D eigenvalue weighted by molar-refractivity contribution is 0.243. The summed E-state index contributed by atoms with van der Waals surface area (Å²) < 4.78 is 0. The average molecular weight is 268 g/mol. The Bertz CT molecular complexity index is 612. The molecule has 0 spiro atoms. The number of piperidine rings is 1. The molecule has 2 aromatic heterocycles. The Morgan fingerprint density at radius 1 is 1.20 bits per heavy atom. The van der Waals surface area contributed by atoms with Gasteiger partial charge in [-0.25, -0.2) is 0 Å². The van der Waals surface area contributed by atoms with E-state index in [2.05, 4.69) is 38.4 Å². The Kier molecular flexibility index (Phi) is 2.67. The molecule has 2 aliphatic heterocycles. The summed E-state index contributed by atoms with van der Waals surface area (Å²) in [6.07, 6.45) is 6.00. The number of aryl methyl sites for hydroxylation is 1. The van der Waals surface area contributed by atoms with Crippen molar-refractivity contribution < 1.29 is 0 Å². The highest BCUT2D eigenvalue weighted by Gasteiger charge is 2.42. The van der Waals surface area contributed by atoms with Crippen LogP contribution in [0.5, 0.6) is 0 Å². The molecule has 4 nitrogen and oxygen atoms in total. The summed E-state index contributed by atoms with van der Waals surface area (Å²) in [5, 5.41) is 7.25. The smallest absolute Gasteiger partial charge is 0.111 e. The summed E-state index contributed by atoms with van der Waals surface area (Å²) >= 11 is 0. The molecule has 4 rings (SSSR count). The summed E-state index contributed by atoms with van der Waals surface area (Å²) in [7, 11) is 0. The van der Waals surface area contributed by atoms with Gasteiger partial charge in [-0.3, -0.25) is 10.1 Å². The highest BCUT2D eigenvalue weighted by atomic mass is 15.2. The van der Waals surface area contributed by atoms with Crippen LogP contribution in [0.2, 0.25) is 0 Å². The monoisotopic (exact) mass is 268 g/mol. The van der Waals surface area contributed by atoms with E-state index in [0.717, 1.165) is 17.1 Å². The molecule has 2 atom stereocenters. The van der Waals surface area contributed by atoms with Gasteiger partial charge in [-0.1, -0.05) is 6.07 Å². The van der Waals surface area contributed by atoms with Crippen molar-refractivity contribution in [3.05, 3.63) is 35.7 Å². The van der Waals surface area contributed by atoms with Gasteiger partial charge in [0.05, 0.1) is 5.69 Å². The van der Waals surface area contributed by atoms with E-state index in [1.165, 1.54) is 44.5 Å². The average Bonchev–Trinajstić information content (AvgIpc) is 3.04. The first-order valence-electron chi connectivity index (χ1n) is 7.47. The van der Waals surface area contributed by atoms with Gasteiger partial charge >= 0.3 is 0 Å². The van der Waals surface area contributed by atoms with Crippen molar-refractivity contribution in [2.24, 2.45) is 0 Å². The van der Waals surface area contributed by atoms with Crippen LogP contribution >= 0.6 is 0 Å². The number of aromatic nitrogens is 3. The number of hydrogen-bond acceptors (Lipinski definition) is 3. The lowest BCUT2D eigenvalue weighted by Gasteiger charge is -2.34. The molecule has 4 heteroatoms. The van der Waals surface area contributed by atoms with E-state index in [9.17, 15) is 0 Å². The SMILES string of the molecule is Cc1cc(-c2ccc(C34CCCN(CC3)C4)cn2)n[nH]1. The fourth-order valence-corrected chi connectivity index (χ4v) is 3.78. The zero-order chi connectivity index (χ0) is 13.6. The van der Waals surface area contributed by atoms with Crippen molar-refractivity contribution in [3.63, 3.8) is 0 Å². The van der Waals surface area contributed by atoms with Crippen LogP contribution in [-0.2, 0) is 5.41 Å². The van der Waals surface area contributed by atoms with Crippen LogP contribution in [0.25, 0.3) is 11.4 Å². The molecule has 0 saturated carbocycles. The van der Waals surface area contributed by atoms with Crippen molar-refractivity contribution in [2.45, 2.75) is 31.6 Å². The molecule has 2 unspecified atom stereocenters. The number of hydrogen-bond donors (Lipinski definition) is 1. The third kappa shape index (κ3) is 1.86. The number of nitrogens with one attached hydrogen (secondary N) is 1. The molecule has 1 N–H and O–H groups in total. The van der Waals surface area contributed by atoms with E-state index < -0.39 is 0 Å². The molecule has 4 heterocycles. The van der Waals surface area contributed by atoms with E-state index in [1.54, 1.807) is 0 Å². The van der Waals surface area contributed by atoms with Crippen molar-refractivity contribution in [3.8, 4) is 11.4 Å². The second kappa shape index (κ2) is 4.42. The Morgan fingerprint density at radius 2 is 2.15 bits per heavy atom. The van der Waals surface area contributed by atoms with Gasteiger partial charge < -0.3 is 4.90 Å². The second-order valence-electron chi connectivity index (χ2n) is 6.28. The first kappa shape index (κ1) is 12.1.